The van der Waals surface area contributed by atoms with E-state index in [0.29, 0.717) is 12.8 Å². The number of esters is 1. The lowest BCUT2D eigenvalue weighted by molar-refractivity contribution is -0.154. The van der Waals surface area contributed by atoms with E-state index >= 15 is 0 Å². The van der Waals surface area contributed by atoms with E-state index in [2.05, 4.69) is 54.4 Å². The summed E-state index contributed by atoms with van der Waals surface area (Å²) in [5.41, 5.74) is 2.75. The molecule has 33 heavy (non-hydrogen) atoms. The second kappa shape index (κ2) is 10.3. The average Bonchev–Trinajstić information content (AvgIpc) is 3.20. The van der Waals surface area contributed by atoms with Gasteiger partial charge in [-0.3, -0.25) is 4.79 Å². The molecule has 0 bridgehead atoms. The first kappa shape index (κ1) is 23.9. The zero-order chi connectivity index (χ0) is 23.4. The van der Waals surface area contributed by atoms with Crippen LogP contribution >= 0.6 is 11.3 Å². The summed E-state index contributed by atoms with van der Waals surface area (Å²) in [4.78, 5) is 19.5. The summed E-state index contributed by atoms with van der Waals surface area (Å²) in [7, 11) is 2.16. The number of aryl methyl sites for hydroxylation is 1. The van der Waals surface area contributed by atoms with E-state index in [1.807, 2.05) is 26.8 Å². The molecular weight excluding hydrogens is 432 g/mol. The topological polar surface area (TPSA) is 51.7 Å². The number of carbonyl (C=O) groups is 1. The molecule has 0 saturated carbocycles. The fraction of sp³-hybridized carbons (Fsp3) is 0.481. The van der Waals surface area contributed by atoms with Crippen molar-refractivity contribution in [1.29, 1.82) is 0 Å². The monoisotopic (exact) mass is 466 g/mol. The highest BCUT2D eigenvalue weighted by Crippen LogP contribution is 2.35. The summed E-state index contributed by atoms with van der Waals surface area (Å²) in [6, 6.07) is 16.6. The van der Waals surface area contributed by atoms with Crippen molar-refractivity contribution in [2.45, 2.75) is 64.3 Å². The largest absolute Gasteiger partial charge is 0.460 e. The number of aromatic nitrogens is 1. The Morgan fingerprint density at radius 2 is 1.91 bits per heavy atom. The van der Waals surface area contributed by atoms with Gasteiger partial charge in [-0.15, -0.1) is 11.3 Å². The van der Waals surface area contributed by atoms with Crippen LogP contribution in [0.5, 0.6) is 0 Å². The molecular formula is C27H34N2O3S. The molecule has 1 aliphatic rings. The van der Waals surface area contributed by atoms with Gasteiger partial charge >= 0.3 is 5.97 Å². The van der Waals surface area contributed by atoms with E-state index in [-0.39, 0.29) is 18.2 Å². The third-order valence-electron chi connectivity index (χ3n) is 5.82. The number of hydrogen-bond acceptors (Lipinski definition) is 6. The van der Waals surface area contributed by atoms with Crippen LogP contribution in [0.25, 0.3) is 10.2 Å². The molecule has 1 aromatic heterocycles. The molecule has 6 heteroatoms. The van der Waals surface area contributed by atoms with E-state index in [1.165, 1.54) is 4.70 Å². The summed E-state index contributed by atoms with van der Waals surface area (Å²) >= 11 is 1.70. The van der Waals surface area contributed by atoms with Gasteiger partial charge in [-0.25, -0.2) is 4.98 Å². The number of likely N-dealkylation sites (tertiary alicyclic amines) is 1. The molecule has 0 aliphatic carbocycles. The van der Waals surface area contributed by atoms with Crippen LogP contribution in [0.3, 0.4) is 0 Å². The van der Waals surface area contributed by atoms with Gasteiger partial charge in [0.1, 0.15) is 16.7 Å². The predicted molar refractivity (Wildman–Crippen MR) is 134 cm³/mol. The lowest BCUT2D eigenvalue weighted by Gasteiger charge is -2.31. The van der Waals surface area contributed by atoms with Gasteiger partial charge in [-0.1, -0.05) is 36.4 Å². The Labute approximate surface area is 200 Å². The summed E-state index contributed by atoms with van der Waals surface area (Å²) in [5, 5.41) is 0.986. The van der Waals surface area contributed by atoms with Gasteiger partial charge in [-0.05, 0) is 70.3 Å². The minimum absolute atomic E-state index is 0.168. The minimum Gasteiger partial charge on any atom is -0.460 e. The van der Waals surface area contributed by atoms with Crippen LogP contribution in [0, 0.1) is 0 Å². The number of hydrogen-bond donors (Lipinski definition) is 0. The predicted octanol–water partition coefficient (Wildman–Crippen LogP) is 5.77. The van der Waals surface area contributed by atoms with Crippen molar-refractivity contribution in [3.05, 3.63) is 64.7 Å². The van der Waals surface area contributed by atoms with Crippen molar-refractivity contribution in [3.8, 4) is 0 Å². The number of rotatable bonds is 7. The molecule has 0 N–H and O–H groups in total. The Morgan fingerprint density at radius 1 is 1.15 bits per heavy atom. The molecule has 0 radical (unpaired) electrons. The van der Waals surface area contributed by atoms with Gasteiger partial charge in [0.2, 0.25) is 0 Å². The summed E-state index contributed by atoms with van der Waals surface area (Å²) in [5.74, 6) is -0.168. The van der Waals surface area contributed by atoms with E-state index in [4.69, 9.17) is 14.5 Å². The Balaban J connectivity index is 1.56. The maximum absolute atomic E-state index is 12.2. The fourth-order valence-corrected chi connectivity index (χ4v) is 5.18. The third kappa shape index (κ3) is 6.62. The maximum Gasteiger partial charge on any atom is 0.306 e. The SMILES string of the molecule is CN1CCC(OC(c2cccc(CCC(=O)OC(C)(C)C)c2)c2nc3ccccc3s2)CC1. The van der Waals surface area contributed by atoms with Crippen molar-refractivity contribution in [1.82, 2.24) is 9.88 Å². The van der Waals surface area contributed by atoms with Gasteiger partial charge in [-0.2, -0.15) is 0 Å². The van der Waals surface area contributed by atoms with Gasteiger partial charge in [0.25, 0.3) is 0 Å². The van der Waals surface area contributed by atoms with Gasteiger partial charge in [0, 0.05) is 19.5 Å². The molecule has 2 heterocycles. The summed E-state index contributed by atoms with van der Waals surface area (Å²) < 4.78 is 13.4. The summed E-state index contributed by atoms with van der Waals surface area (Å²) in [6.07, 6.45) is 3.05. The molecule has 0 amide bonds. The van der Waals surface area contributed by atoms with Crippen molar-refractivity contribution in [3.63, 3.8) is 0 Å². The van der Waals surface area contributed by atoms with Gasteiger partial charge in [0.05, 0.1) is 16.3 Å². The van der Waals surface area contributed by atoms with Crippen LogP contribution < -0.4 is 0 Å². The highest BCUT2D eigenvalue weighted by Gasteiger charge is 2.26. The molecule has 176 valence electrons. The standard InChI is InChI=1S/C27H34N2O3S/c1-27(2,3)32-24(30)13-12-19-8-7-9-20(18-19)25(31-21-14-16-29(4)17-15-21)26-28-22-10-5-6-11-23(22)33-26/h5-11,18,21,25H,12-17H2,1-4H3. The molecule has 1 unspecified atom stereocenters. The normalized spacial score (nSPS) is 16.7. The molecule has 0 spiro atoms. The molecule has 1 saturated heterocycles. The number of piperidine rings is 1. The minimum atomic E-state index is -0.460. The number of thiazole rings is 1. The number of carbonyl (C=O) groups excluding carboxylic acids is 1. The second-order valence-corrected chi connectivity index (χ2v) is 10.9. The molecule has 3 aromatic rings. The van der Waals surface area contributed by atoms with Crippen LogP contribution in [0.15, 0.2) is 48.5 Å². The van der Waals surface area contributed by atoms with Crippen LogP contribution in [-0.2, 0) is 20.7 Å². The second-order valence-electron chi connectivity index (χ2n) is 9.87. The molecule has 1 fully saturated rings. The lowest BCUT2D eigenvalue weighted by Crippen LogP contribution is -2.35. The molecule has 5 nitrogen and oxygen atoms in total. The van der Waals surface area contributed by atoms with E-state index in [9.17, 15) is 4.79 Å². The van der Waals surface area contributed by atoms with E-state index in [0.717, 1.165) is 47.6 Å². The van der Waals surface area contributed by atoms with Crippen molar-refractivity contribution in [2.75, 3.05) is 20.1 Å². The first-order chi connectivity index (χ1) is 15.8. The maximum atomic E-state index is 12.2. The Kier molecular flexibility index (Phi) is 7.47. The van der Waals surface area contributed by atoms with Crippen LogP contribution in [0.2, 0.25) is 0 Å². The highest BCUT2D eigenvalue weighted by atomic mass is 32.1. The first-order valence-electron chi connectivity index (χ1n) is 11.8. The number of para-hydroxylation sites is 1. The quantitative estimate of drug-likeness (QED) is 0.414. The molecule has 4 rings (SSSR count). The third-order valence-corrected chi connectivity index (χ3v) is 6.90. The first-order valence-corrected chi connectivity index (χ1v) is 12.6. The van der Waals surface area contributed by atoms with E-state index in [1.54, 1.807) is 11.3 Å². The van der Waals surface area contributed by atoms with E-state index < -0.39 is 5.60 Å². The van der Waals surface area contributed by atoms with Crippen LogP contribution in [-0.4, -0.2) is 47.7 Å². The van der Waals surface area contributed by atoms with Crippen molar-refractivity contribution in [2.24, 2.45) is 0 Å². The van der Waals surface area contributed by atoms with Crippen molar-refractivity contribution >= 4 is 27.5 Å². The zero-order valence-electron chi connectivity index (χ0n) is 20.0. The molecule has 1 atom stereocenters. The number of fused-ring (bicyclic) bond motifs is 1. The highest BCUT2D eigenvalue weighted by molar-refractivity contribution is 7.18. The smallest absolute Gasteiger partial charge is 0.306 e. The van der Waals surface area contributed by atoms with Crippen LogP contribution in [0.4, 0.5) is 0 Å². The Morgan fingerprint density at radius 3 is 2.64 bits per heavy atom. The number of benzene rings is 2. The fourth-order valence-electron chi connectivity index (χ4n) is 4.15. The number of nitrogens with zero attached hydrogens (tertiary/aromatic N) is 2. The van der Waals surface area contributed by atoms with Gasteiger partial charge < -0.3 is 14.4 Å². The van der Waals surface area contributed by atoms with Crippen LogP contribution in [0.1, 0.15) is 62.3 Å². The zero-order valence-corrected chi connectivity index (χ0v) is 20.9. The Bertz CT molecular complexity index is 1050. The molecule has 1 aliphatic heterocycles. The lowest BCUT2D eigenvalue weighted by atomic mass is 10.0. The average molecular weight is 467 g/mol. The Hall–Kier alpha value is -2.28. The van der Waals surface area contributed by atoms with Crippen molar-refractivity contribution < 1.29 is 14.3 Å². The summed E-state index contributed by atoms with van der Waals surface area (Å²) in [6.45, 7) is 7.79. The molecule has 2 aromatic carbocycles. The van der Waals surface area contributed by atoms with Gasteiger partial charge in [0.15, 0.2) is 0 Å². The number of ether oxygens (including phenoxy) is 2.